The third-order valence-electron chi connectivity index (χ3n) is 7.28. The van der Waals surface area contributed by atoms with E-state index in [1.807, 2.05) is 37.7 Å². The van der Waals surface area contributed by atoms with Crippen molar-refractivity contribution >= 4 is 16.7 Å². The molecule has 0 saturated carbocycles. The van der Waals surface area contributed by atoms with E-state index < -0.39 is 11.8 Å². The number of nitrogens with zero attached hydrogens (tertiary/aromatic N) is 4. The van der Waals surface area contributed by atoms with Gasteiger partial charge >= 0.3 is 0 Å². The zero-order valence-electron chi connectivity index (χ0n) is 20.0. The van der Waals surface area contributed by atoms with Gasteiger partial charge in [0.15, 0.2) is 6.23 Å². The Kier molecular flexibility index (Phi) is 6.12. The Hall–Kier alpha value is -2.49. The van der Waals surface area contributed by atoms with Gasteiger partial charge in [-0.05, 0) is 55.4 Å². The number of aromatic nitrogens is 2. The highest BCUT2D eigenvalue weighted by Crippen LogP contribution is 2.42. The SMILES string of the molecule is CC(C)(O)CN1CC2(CCN(c3cnc4c(ccn4Cc4ccc(C(O)NO)cc4)c3)CC2)C1. The molecule has 0 radical (unpaired) electrons. The molecule has 4 N–H and O–H groups in total. The van der Waals surface area contributed by atoms with Gasteiger partial charge in [0.1, 0.15) is 5.65 Å². The number of hydrogen-bond donors (Lipinski definition) is 4. The second kappa shape index (κ2) is 8.94. The Morgan fingerprint density at radius 3 is 2.47 bits per heavy atom. The van der Waals surface area contributed by atoms with Crippen LogP contribution in [0.25, 0.3) is 11.0 Å². The van der Waals surface area contributed by atoms with Crippen LogP contribution in [0, 0.1) is 5.41 Å². The first-order chi connectivity index (χ1) is 16.2. The van der Waals surface area contributed by atoms with Crippen molar-refractivity contribution in [1.29, 1.82) is 0 Å². The van der Waals surface area contributed by atoms with Gasteiger partial charge in [0, 0.05) is 50.9 Å². The standard InChI is InChI=1S/C26H35N5O3/c1-25(2,33)16-29-17-26(18-29)8-11-30(12-9-26)22-13-21-7-10-31(23(21)27-14-22)15-19-3-5-20(6-4-19)24(32)28-34/h3-7,10,13-14,24,28,32-34H,8-9,11-12,15-18H2,1-2H3. The Bertz CT molecular complexity index is 1120. The van der Waals surface area contributed by atoms with Crippen molar-refractivity contribution in [3.05, 3.63) is 59.9 Å². The molecule has 182 valence electrons. The maximum atomic E-state index is 10.1. The number of rotatable bonds is 7. The van der Waals surface area contributed by atoms with Gasteiger partial charge in [-0.1, -0.05) is 24.3 Å². The first-order valence-electron chi connectivity index (χ1n) is 12.0. The highest BCUT2D eigenvalue weighted by atomic mass is 16.5. The van der Waals surface area contributed by atoms with Crippen LogP contribution in [0.3, 0.4) is 0 Å². The molecule has 0 aliphatic carbocycles. The fourth-order valence-corrected chi connectivity index (χ4v) is 5.56. The van der Waals surface area contributed by atoms with E-state index in [1.165, 1.54) is 18.5 Å². The van der Waals surface area contributed by atoms with Gasteiger partial charge in [-0.3, -0.25) is 4.90 Å². The topological polar surface area (TPSA) is 97.0 Å². The number of aliphatic hydroxyl groups is 2. The third kappa shape index (κ3) is 4.82. The number of fused-ring (bicyclic) bond motifs is 1. The van der Waals surface area contributed by atoms with Crippen LogP contribution < -0.4 is 10.4 Å². The van der Waals surface area contributed by atoms with Crippen LogP contribution in [0.1, 0.15) is 44.0 Å². The number of pyridine rings is 1. The molecule has 2 saturated heterocycles. The molecule has 0 bridgehead atoms. The van der Waals surface area contributed by atoms with Crippen LogP contribution in [-0.2, 0) is 6.54 Å². The van der Waals surface area contributed by atoms with E-state index >= 15 is 0 Å². The van der Waals surface area contributed by atoms with E-state index in [0.29, 0.717) is 17.5 Å². The van der Waals surface area contributed by atoms with Gasteiger partial charge in [-0.25, -0.2) is 4.98 Å². The third-order valence-corrected chi connectivity index (χ3v) is 7.28. The van der Waals surface area contributed by atoms with Crippen molar-refractivity contribution in [1.82, 2.24) is 19.9 Å². The monoisotopic (exact) mass is 465 g/mol. The Morgan fingerprint density at radius 2 is 1.82 bits per heavy atom. The maximum Gasteiger partial charge on any atom is 0.152 e. The zero-order chi connectivity index (χ0) is 23.9. The summed E-state index contributed by atoms with van der Waals surface area (Å²) in [5.74, 6) is 0. The van der Waals surface area contributed by atoms with Gasteiger partial charge < -0.3 is 24.9 Å². The minimum absolute atomic E-state index is 0.418. The molecule has 3 aromatic rings. The second-order valence-electron chi connectivity index (χ2n) is 10.8. The Labute approximate surface area is 200 Å². The predicted octanol–water partition coefficient (Wildman–Crippen LogP) is 2.73. The summed E-state index contributed by atoms with van der Waals surface area (Å²) in [6.45, 7) is 9.50. The lowest BCUT2D eigenvalue weighted by atomic mass is 9.71. The van der Waals surface area contributed by atoms with Crippen molar-refractivity contribution in [2.75, 3.05) is 37.6 Å². The molecule has 1 aromatic carbocycles. The van der Waals surface area contributed by atoms with E-state index in [4.69, 9.17) is 10.2 Å². The summed E-state index contributed by atoms with van der Waals surface area (Å²) >= 11 is 0. The van der Waals surface area contributed by atoms with Gasteiger partial charge in [-0.15, -0.1) is 0 Å². The van der Waals surface area contributed by atoms with Crippen molar-refractivity contribution < 1.29 is 15.4 Å². The lowest BCUT2D eigenvalue weighted by Crippen LogP contribution is -2.62. The smallest absolute Gasteiger partial charge is 0.152 e. The van der Waals surface area contributed by atoms with Gasteiger partial charge in [-0.2, -0.15) is 5.48 Å². The number of likely N-dealkylation sites (tertiary alicyclic amines) is 1. The molecule has 8 nitrogen and oxygen atoms in total. The van der Waals surface area contributed by atoms with Crippen LogP contribution in [0.4, 0.5) is 5.69 Å². The zero-order valence-corrected chi connectivity index (χ0v) is 20.0. The van der Waals surface area contributed by atoms with Gasteiger partial charge in [0.25, 0.3) is 0 Å². The van der Waals surface area contributed by atoms with E-state index in [9.17, 15) is 10.2 Å². The molecule has 2 aliphatic rings. The Morgan fingerprint density at radius 1 is 1.12 bits per heavy atom. The molecule has 2 fully saturated rings. The average molecular weight is 466 g/mol. The van der Waals surface area contributed by atoms with Gasteiger partial charge in [0.2, 0.25) is 0 Å². The number of β-amino-alcohol motifs (C(OH)–C–C–N with tert-alkyl or cyclic N) is 1. The molecule has 1 atom stereocenters. The summed E-state index contributed by atoms with van der Waals surface area (Å²) in [6, 6.07) is 11.9. The average Bonchev–Trinajstić information content (AvgIpc) is 3.19. The first-order valence-corrected chi connectivity index (χ1v) is 12.0. The molecule has 1 spiro atoms. The molecule has 0 amide bonds. The molecule has 2 aliphatic heterocycles. The number of hydroxylamine groups is 1. The summed E-state index contributed by atoms with van der Waals surface area (Å²) in [6.07, 6.45) is 5.35. The molecule has 4 heterocycles. The van der Waals surface area contributed by atoms with Crippen molar-refractivity contribution in [2.24, 2.45) is 5.41 Å². The number of anilines is 1. The van der Waals surface area contributed by atoms with E-state index in [-0.39, 0.29) is 0 Å². The van der Waals surface area contributed by atoms with Crippen LogP contribution in [0.5, 0.6) is 0 Å². The van der Waals surface area contributed by atoms with E-state index in [0.717, 1.165) is 49.3 Å². The molecular weight excluding hydrogens is 430 g/mol. The number of aliphatic hydroxyl groups excluding tert-OH is 1. The summed E-state index contributed by atoms with van der Waals surface area (Å²) < 4.78 is 2.13. The lowest BCUT2D eigenvalue weighted by Gasteiger charge is -2.55. The molecule has 8 heteroatoms. The van der Waals surface area contributed by atoms with Gasteiger partial charge in [0.05, 0.1) is 17.5 Å². The number of nitrogens with one attached hydrogen (secondary N) is 1. The lowest BCUT2D eigenvalue weighted by molar-refractivity contribution is -0.0643. The van der Waals surface area contributed by atoms with Crippen molar-refractivity contribution in [3.63, 3.8) is 0 Å². The normalized spacial score (nSPS) is 19.5. The quantitative estimate of drug-likeness (QED) is 0.315. The van der Waals surface area contributed by atoms with E-state index in [2.05, 4.69) is 32.7 Å². The fraction of sp³-hybridized carbons (Fsp3) is 0.500. The minimum atomic E-state index is -1.08. The minimum Gasteiger partial charge on any atom is -0.389 e. The largest absolute Gasteiger partial charge is 0.389 e. The summed E-state index contributed by atoms with van der Waals surface area (Å²) in [5, 5.41) is 29.7. The number of hydrogen-bond acceptors (Lipinski definition) is 7. The van der Waals surface area contributed by atoms with Crippen LogP contribution in [0.2, 0.25) is 0 Å². The number of piperidine rings is 1. The van der Waals surface area contributed by atoms with Crippen LogP contribution in [0.15, 0.2) is 48.8 Å². The molecular formula is C26H35N5O3. The molecule has 1 unspecified atom stereocenters. The summed E-state index contributed by atoms with van der Waals surface area (Å²) in [5.41, 5.74) is 5.49. The second-order valence-corrected chi connectivity index (χ2v) is 10.8. The highest BCUT2D eigenvalue weighted by Gasteiger charge is 2.45. The van der Waals surface area contributed by atoms with E-state index in [1.54, 1.807) is 12.1 Å². The number of benzene rings is 1. The molecule has 2 aromatic heterocycles. The summed E-state index contributed by atoms with van der Waals surface area (Å²) in [4.78, 5) is 9.63. The van der Waals surface area contributed by atoms with Crippen LogP contribution in [-0.4, -0.2) is 68.2 Å². The summed E-state index contributed by atoms with van der Waals surface area (Å²) in [7, 11) is 0. The molecule has 34 heavy (non-hydrogen) atoms. The van der Waals surface area contributed by atoms with Crippen LogP contribution >= 0.6 is 0 Å². The first kappa shape index (κ1) is 23.3. The fourth-order valence-electron chi connectivity index (χ4n) is 5.56. The van der Waals surface area contributed by atoms with Crippen molar-refractivity contribution in [3.8, 4) is 0 Å². The molecule has 5 rings (SSSR count). The highest BCUT2D eigenvalue weighted by molar-refractivity contribution is 5.80. The predicted molar refractivity (Wildman–Crippen MR) is 132 cm³/mol. The Balaban J connectivity index is 1.21. The maximum absolute atomic E-state index is 10.1. The van der Waals surface area contributed by atoms with Crippen molar-refractivity contribution in [2.45, 2.75) is 45.1 Å².